The Balaban J connectivity index is 1.48. The highest BCUT2D eigenvalue weighted by Gasteiger charge is 2.29. The summed E-state index contributed by atoms with van der Waals surface area (Å²) in [6.45, 7) is 6.72. The van der Waals surface area contributed by atoms with Gasteiger partial charge in [-0.05, 0) is 45.2 Å². The SMILES string of the molecule is Cc1cc(C)c(C(=O)N2CCC(c3nc(-c4ccccc4)c(C)o3)CC2)c(=O)[nH]1. The molecule has 0 atom stereocenters. The number of carbonyl (C=O) groups excluding carboxylic acids is 1. The van der Waals surface area contributed by atoms with E-state index >= 15 is 0 Å². The molecule has 0 aliphatic carbocycles. The van der Waals surface area contributed by atoms with Gasteiger partial charge in [-0.15, -0.1) is 0 Å². The first-order valence-electron chi connectivity index (χ1n) is 9.96. The van der Waals surface area contributed by atoms with Crippen LogP contribution in [0.25, 0.3) is 11.3 Å². The maximum atomic E-state index is 12.9. The van der Waals surface area contributed by atoms with Crippen LogP contribution in [0.2, 0.25) is 0 Å². The van der Waals surface area contributed by atoms with Crippen LogP contribution in [0.3, 0.4) is 0 Å². The number of rotatable bonds is 3. The molecule has 3 heterocycles. The second-order valence-electron chi connectivity index (χ2n) is 7.73. The lowest BCUT2D eigenvalue weighted by Crippen LogP contribution is -2.40. The molecule has 0 saturated carbocycles. The lowest BCUT2D eigenvalue weighted by molar-refractivity contribution is 0.0703. The van der Waals surface area contributed by atoms with Crippen LogP contribution in [-0.2, 0) is 0 Å². The summed E-state index contributed by atoms with van der Waals surface area (Å²) in [7, 11) is 0. The molecule has 1 aliphatic heterocycles. The number of pyridine rings is 1. The van der Waals surface area contributed by atoms with Crippen LogP contribution in [-0.4, -0.2) is 33.9 Å². The molecule has 0 unspecified atom stereocenters. The standard InChI is InChI=1S/C23H25N3O3/c1-14-13-15(2)24-21(27)19(14)23(28)26-11-9-18(10-12-26)22-25-20(16(3)29-22)17-7-5-4-6-8-17/h4-8,13,18H,9-12H2,1-3H3,(H,24,27). The number of aryl methyl sites for hydroxylation is 3. The first-order chi connectivity index (χ1) is 13.9. The Hall–Kier alpha value is -3.15. The number of amides is 1. The first-order valence-corrected chi connectivity index (χ1v) is 9.96. The number of piperidine rings is 1. The Morgan fingerprint density at radius 2 is 1.83 bits per heavy atom. The van der Waals surface area contributed by atoms with Crippen LogP contribution in [0.4, 0.5) is 0 Å². The molecule has 1 amide bonds. The van der Waals surface area contributed by atoms with Gasteiger partial charge < -0.3 is 14.3 Å². The number of hydrogen-bond donors (Lipinski definition) is 1. The number of nitrogens with zero attached hydrogens (tertiary/aromatic N) is 2. The fourth-order valence-electron chi connectivity index (χ4n) is 4.06. The van der Waals surface area contributed by atoms with E-state index in [2.05, 4.69) is 4.98 Å². The number of oxazole rings is 1. The van der Waals surface area contributed by atoms with Gasteiger partial charge in [0.1, 0.15) is 17.0 Å². The third-order valence-corrected chi connectivity index (χ3v) is 5.57. The Labute approximate surface area is 169 Å². The molecule has 150 valence electrons. The predicted octanol–water partition coefficient (Wildman–Crippen LogP) is 3.97. The highest BCUT2D eigenvalue weighted by Crippen LogP contribution is 2.32. The molecule has 6 nitrogen and oxygen atoms in total. The minimum Gasteiger partial charge on any atom is -0.445 e. The van der Waals surface area contributed by atoms with Gasteiger partial charge in [0.2, 0.25) is 0 Å². The summed E-state index contributed by atoms with van der Waals surface area (Å²) >= 11 is 0. The van der Waals surface area contributed by atoms with E-state index in [1.165, 1.54) is 0 Å². The van der Waals surface area contributed by atoms with E-state index in [1.807, 2.05) is 57.2 Å². The van der Waals surface area contributed by atoms with Crippen molar-refractivity contribution in [1.82, 2.24) is 14.9 Å². The van der Waals surface area contributed by atoms with Gasteiger partial charge in [-0.3, -0.25) is 9.59 Å². The monoisotopic (exact) mass is 391 g/mol. The van der Waals surface area contributed by atoms with Crippen molar-refractivity contribution in [2.45, 2.75) is 39.5 Å². The molecule has 29 heavy (non-hydrogen) atoms. The summed E-state index contributed by atoms with van der Waals surface area (Å²) < 4.78 is 5.97. The van der Waals surface area contributed by atoms with Crippen molar-refractivity contribution >= 4 is 5.91 Å². The number of nitrogens with one attached hydrogen (secondary N) is 1. The molecule has 0 spiro atoms. The molecular weight excluding hydrogens is 366 g/mol. The summed E-state index contributed by atoms with van der Waals surface area (Å²) in [5.41, 5.74) is 3.32. The quantitative estimate of drug-likeness (QED) is 0.733. The highest BCUT2D eigenvalue weighted by molar-refractivity contribution is 5.95. The average molecular weight is 391 g/mol. The van der Waals surface area contributed by atoms with Crippen molar-refractivity contribution in [2.75, 3.05) is 13.1 Å². The van der Waals surface area contributed by atoms with Crippen molar-refractivity contribution < 1.29 is 9.21 Å². The first kappa shape index (κ1) is 19.2. The van der Waals surface area contributed by atoms with Crippen LogP contribution in [0.15, 0.2) is 45.6 Å². The highest BCUT2D eigenvalue weighted by atomic mass is 16.4. The zero-order chi connectivity index (χ0) is 20.5. The van der Waals surface area contributed by atoms with Crippen molar-refractivity contribution in [3.63, 3.8) is 0 Å². The number of H-pyrrole nitrogens is 1. The van der Waals surface area contributed by atoms with Crippen LogP contribution in [0, 0.1) is 20.8 Å². The van der Waals surface area contributed by atoms with E-state index < -0.39 is 0 Å². The third-order valence-electron chi connectivity index (χ3n) is 5.57. The maximum absolute atomic E-state index is 12.9. The van der Waals surface area contributed by atoms with Crippen molar-refractivity contribution in [3.8, 4) is 11.3 Å². The number of benzene rings is 1. The topological polar surface area (TPSA) is 79.2 Å². The maximum Gasteiger partial charge on any atom is 0.261 e. The molecule has 2 aromatic heterocycles. The Morgan fingerprint density at radius 3 is 2.48 bits per heavy atom. The molecule has 1 N–H and O–H groups in total. The number of aromatic nitrogens is 2. The lowest BCUT2D eigenvalue weighted by atomic mass is 9.96. The van der Waals surface area contributed by atoms with Crippen molar-refractivity contribution in [1.29, 1.82) is 0 Å². The summed E-state index contributed by atoms with van der Waals surface area (Å²) in [5.74, 6) is 1.52. The molecule has 1 aromatic carbocycles. The van der Waals surface area contributed by atoms with Gasteiger partial charge in [0, 0.05) is 30.3 Å². The minimum absolute atomic E-state index is 0.174. The second-order valence-corrected chi connectivity index (χ2v) is 7.73. The average Bonchev–Trinajstić information content (AvgIpc) is 3.09. The second kappa shape index (κ2) is 7.70. The molecule has 0 radical (unpaired) electrons. The number of aromatic amines is 1. The van der Waals surface area contributed by atoms with Gasteiger partial charge in [0.25, 0.3) is 11.5 Å². The van der Waals surface area contributed by atoms with Crippen LogP contribution >= 0.6 is 0 Å². The van der Waals surface area contributed by atoms with Gasteiger partial charge in [-0.25, -0.2) is 4.98 Å². The fourth-order valence-corrected chi connectivity index (χ4v) is 4.06. The third kappa shape index (κ3) is 3.75. The largest absolute Gasteiger partial charge is 0.445 e. The van der Waals surface area contributed by atoms with Crippen molar-refractivity contribution in [2.24, 2.45) is 0 Å². The zero-order valence-corrected chi connectivity index (χ0v) is 17.0. The van der Waals surface area contributed by atoms with E-state index in [0.717, 1.165) is 41.4 Å². The van der Waals surface area contributed by atoms with Crippen LogP contribution in [0.5, 0.6) is 0 Å². The fraction of sp³-hybridized carbons (Fsp3) is 0.348. The normalized spacial score (nSPS) is 14.9. The van der Waals surface area contributed by atoms with Crippen LogP contribution in [0.1, 0.15) is 52.0 Å². The Morgan fingerprint density at radius 1 is 1.14 bits per heavy atom. The molecule has 4 rings (SSSR count). The smallest absolute Gasteiger partial charge is 0.261 e. The van der Waals surface area contributed by atoms with E-state index in [0.29, 0.717) is 18.7 Å². The lowest BCUT2D eigenvalue weighted by Gasteiger charge is -2.30. The predicted molar refractivity (Wildman–Crippen MR) is 111 cm³/mol. The van der Waals surface area contributed by atoms with Gasteiger partial charge in [-0.2, -0.15) is 0 Å². The van der Waals surface area contributed by atoms with E-state index in [1.54, 1.807) is 4.90 Å². The number of hydrogen-bond acceptors (Lipinski definition) is 4. The van der Waals surface area contributed by atoms with Crippen molar-refractivity contribution in [3.05, 3.63) is 75.2 Å². The molecule has 1 aliphatic rings. The van der Waals surface area contributed by atoms with Gasteiger partial charge in [-0.1, -0.05) is 30.3 Å². The van der Waals surface area contributed by atoms with Crippen LogP contribution < -0.4 is 5.56 Å². The zero-order valence-electron chi connectivity index (χ0n) is 17.0. The van der Waals surface area contributed by atoms with E-state index in [9.17, 15) is 9.59 Å². The summed E-state index contributed by atoms with van der Waals surface area (Å²) in [5, 5.41) is 0. The Bertz CT molecular complexity index is 1090. The van der Waals surface area contributed by atoms with E-state index in [4.69, 9.17) is 9.40 Å². The van der Waals surface area contributed by atoms with Gasteiger partial charge in [0.15, 0.2) is 5.89 Å². The molecular formula is C23H25N3O3. The molecule has 3 aromatic rings. The Kier molecular flexibility index (Phi) is 5.09. The molecule has 1 saturated heterocycles. The minimum atomic E-state index is -0.314. The van der Waals surface area contributed by atoms with Gasteiger partial charge >= 0.3 is 0 Å². The summed E-state index contributed by atoms with van der Waals surface area (Å²) in [6, 6.07) is 11.8. The number of likely N-dealkylation sites (tertiary alicyclic amines) is 1. The van der Waals surface area contributed by atoms with E-state index in [-0.39, 0.29) is 22.9 Å². The summed E-state index contributed by atoms with van der Waals surface area (Å²) in [6.07, 6.45) is 1.53. The molecule has 0 bridgehead atoms. The molecule has 6 heteroatoms. The molecule has 1 fully saturated rings. The summed E-state index contributed by atoms with van der Waals surface area (Å²) in [4.78, 5) is 34.4. The van der Waals surface area contributed by atoms with Gasteiger partial charge in [0.05, 0.1) is 0 Å². The number of carbonyl (C=O) groups is 1.